The highest BCUT2D eigenvalue weighted by Gasteiger charge is 2.24. The summed E-state index contributed by atoms with van der Waals surface area (Å²) in [5.74, 6) is 1.35. The number of carbonyl (C=O) groups is 1. The average molecular weight is 396 g/mol. The Morgan fingerprint density at radius 2 is 2.11 bits per heavy atom. The standard InChI is InChI=1S/C22H21FN2O2S/c1-15-10-18(23)11-17-8-5-9-25(21(15)17)20(26)14-28-13-19-12-27-22(24-19)16-6-3-2-4-7-16/h2-4,6-7,10-12H,5,8-9,13-14H2,1H3. The molecule has 1 aromatic heterocycles. The molecule has 0 N–H and O–H groups in total. The van der Waals surface area contributed by atoms with Gasteiger partial charge in [-0.2, -0.15) is 0 Å². The van der Waals surface area contributed by atoms with Gasteiger partial charge < -0.3 is 9.32 Å². The maximum atomic E-state index is 13.7. The van der Waals surface area contributed by atoms with E-state index in [2.05, 4.69) is 4.98 Å². The van der Waals surface area contributed by atoms with E-state index in [1.807, 2.05) is 37.3 Å². The van der Waals surface area contributed by atoms with E-state index in [0.717, 1.165) is 40.9 Å². The van der Waals surface area contributed by atoms with Gasteiger partial charge in [0.2, 0.25) is 11.8 Å². The highest BCUT2D eigenvalue weighted by atomic mass is 32.2. The lowest BCUT2D eigenvalue weighted by Crippen LogP contribution is -2.37. The van der Waals surface area contributed by atoms with Crippen molar-refractivity contribution in [2.45, 2.75) is 25.5 Å². The molecule has 0 spiro atoms. The van der Waals surface area contributed by atoms with Gasteiger partial charge in [-0.05, 0) is 55.2 Å². The average Bonchev–Trinajstić information content (AvgIpc) is 3.17. The fourth-order valence-corrected chi connectivity index (χ4v) is 4.35. The van der Waals surface area contributed by atoms with Crippen molar-refractivity contribution in [3.63, 3.8) is 0 Å². The Bertz CT molecular complexity index is 987. The summed E-state index contributed by atoms with van der Waals surface area (Å²) in [6, 6.07) is 12.8. The Hall–Kier alpha value is -2.60. The molecule has 6 heteroatoms. The first kappa shape index (κ1) is 18.7. The second-order valence-corrected chi connectivity index (χ2v) is 7.87. The first-order valence-corrected chi connectivity index (χ1v) is 10.4. The van der Waals surface area contributed by atoms with Crippen LogP contribution in [0, 0.1) is 12.7 Å². The molecule has 1 amide bonds. The van der Waals surface area contributed by atoms with E-state index in [9.17, 15) is 9.18 Å². The third kappa shape index (κ3) is 3.97. The molecular weight excluding hydrogens is 375 g/mol. The highest BCUT2D eigenvalue weighted by Crippen LogP contribution is 2.32. The van der Waals surface area contributed by atoms with Gasteiger partial charge in [-0.3, -0.25) is 4.79 Å². The van der Waals surface area contributed by atoms with Crippen molar-refractivity contribution in [2.24, 2.45) is 0 Å². The topological polar surface area (TPSA) is 46.3 Å². The minimum atomic E-state index is -0.236. The van der Waals surface area contributed by atoms with Crippen molar-refractivity contribution in [3.8, 4) is 11.5 Å². The van der Waals surface area contributed by atoms with Crippen LogP contribution in [-0.4, -0.2) is 23.2 Å². The highest BCUT2D eigenvalue weighted by molar-refractivity contribution is 7.99. The molecule has 1 aliphatic rings. The van der Waals surface area contributed by atoms with Crippen molar-refractivity contribution in [2.75, 3.05) is 17.2 Å². The SMILES string of the molecule is Cc1cc(F)cc2c1N(C(=O)CSCc1coc(-c3ccccc3)n1)CCC2. The molecule has 28 heavy (non-hydrogen) atoms. The van der Waals surface area contributed by atoms with Crippen LogP contribution in [0.1, 0.15) is 23.2 Å². The second kappa shape index (κ2) is 8.19. The summed E-state index contributed by atoms with van der Waals surface area (Å²) in [6.07, 6.45) is 3.31. The van der Waals surface area contributed by atoms with Gasteiger partial charge in [-0.15, -0.1) is 11.8 Å². The third-order valence-corrected chi connectivity index (χ3v) is 5.74. The van der Waals surface area contributed by atoms with Crippen molar-refractivity contribution in [1.82, 2.24) is 4.98 Å². The molecular formula is C22H21FN2O2S. The van der Waals surface area contributed by atoms with Crippen LogP contribution in [0.2, 0.25) is 0 Å². The fourth-order valence-electron chi connectivity index (χ4n) is 3.58. The largest absolute Gasteiger partial charge is 0.444 e. The second-order valence-electron chi connectivity index (χ2n) is 6.88. The smallest absolute Gasteiger partial charge is 0.237 e. The van der Waals surface area contributed by atoms with E-state index in [-0.39, 0.29) is 11.7 Å². The Morgan fingerprint density at radius 3 is 2.93 bits per heavy atom. The molecule has 144 valence electrons. The number of thioether (sulfide) groups is 1. The molecule has 0 saturated carbocycles. The zero-order valence-corrected chi connectivity index (χ0v) is 16.5. The minimum absolute atomic E-state index is 0.0486. The number of rotatable bonds is 5. The van der Waals surface area contributed by atoms with Crippen LogP contribution in [0.25, 0.3) is 11.5 Å². The minimum Gasteiger partial charge on any atom is -0.444 e. The van der Waals surface area contributed by atoms with Crippen molar-refractivity contribution >= 4 is 23.4 Å². The Kier molecular flexibility index (Phi) is 5.48. The van der Waals surface area contributed by atoms with E-state index in [1.54, 1.807) is 17.2 Å². The van der Waals surface area contributed by atoms with E-state index in [0.29, 0.717) is 23.9 Å². The van der Waals surface area contributed by atoms with E-state index >= 15 is 0 Å². The Morgan fingerprint density at radius 1 is 1.29 bits per heavy atom. The predicted molar refractivity (Wildman–Crippen MR) is 110 cm³/mol. The summed E-state index contributed by atoms with van der Waals surface area (Å²) < 4.78 is 19.2. The monoisotopic (exact) mass is 396 g/mol. The molecule has 2 aromatic carbocycles. The molecule has 2 heterocycles. The number of fused-ring (bicyclic) bond motifs is 1. The molecule has 0 bridgehead atoms. The van der Waals surface area contributed by atoms with Gasteiger partial charge >= 0.3 is 0 Å². The zero-order chi connectivity index (χ0) is 19.5. The summed E-state index contributed by atoms with van der Waals surface area (Å²) in [6.45, 7) is 2.54. The molecule has 3 aromatic rings. The first-order valence-electron chi connectivity index (χ1n) is 9.29. The summed E-state index contributed by atoms with van der Waals surface area (Å²) in [5, 5.41) is 0. The van der Waals surface area contributed by atoms with Crippen molar-refractivity contribution in [1.29, 1.82) is 0 Å². The number of halogens is 1. The summed E-state index contributed by atoms with van der Waals surface area (Å²) in [4.78, 5) is 19.1. The maximum absolute atomic E-state index is 13.7. The quantitative estimate of drug-likeness (QED) is 0.609. The number of benzene rings is 2. The Labute approximate surface area is 167 Å². The molecule has 0 saturated heterocycles. The lowest BCUT2D eigenvalue weighted by molar-refractivity contribution is -0.116. The number of aryl methyl sites for hydroxylation is 2. The van der Waals surface area contributed by atoms with Gasteiger partial charge in [0.1, 0.15) is 12.1 Å². The number of nitrogens with zero attached hydrogens (tertiary/aromatic N) is 2. The van der Waals surface area contributed by atoms with E-state index < -0.39 is 0 Å². The summed E-state index contributed by atoms with van der Waals surface area (Å²) in [5.41, 5.74) is 4.37. The van der Waals surface area contributed by atoms with Crippen molar-refractivity contribution < 1.29 is 13.6 Å². The van der Waals surface area contributed by atoms with Gasteiger partial charge in [0.25, 0.3) is 0 Å². The van der Waals surface area contributed by atoms with E-state index in [1.165, 1.54) is 17.8 Å². The number of hydrogen-bond acceptors (Lipinski definition) is 4. The summed E-state index contributed by atoms with van der Waals surface area (Å²) in [7, 11) is 0. The number of oxazole rings is 1. The van der Waals surface area contributed by atoms with Gasteiger partial charge in [0.15, 0.2) is 0 Å². The third-order valence-electron chi connectivity index (χ3n) is 4.79. The van der Waals surface area contributed by atoms with Crippen LogP contribution in [0.5, 0.6) is 0 Å². The number of aromatic nitrogens is 1. The van der Waals surface area contributed by atoms with Crippen molar-refractivity contribution in [3.05, 3.63) is 71.4 Å². The molecule has 0 atom stereocenters. The number of amides is 1. The lowest BCUT2D eigenvalue weighted by atomic mass is 9.98. The van der Waals surface area contributed by atoms with Crippen LogP contribution in [-0.2, 0) is 17.0 Å². The lowest BCUT2D eigenvalue weighted by Gasteiger charge is -2.31. The van der Waals surface area contributed by atoms with Crippen LogP contribution >= 0.6 is 11.8 Å². The summed E-state index contributed by atoms with van der Waals surface area (Å²) >= 11 is 1.51. The fraction of sp³-hybridized carbons (Fsp3) is 0.273. The zero-order valence-electron chi connectivity index (χ0n) is 15.7. The maximum Gasteiger partial charge on any atom is 0.237 e. The predicted octanol–water partition coefficient (Wildman–Crippen LogP) is 5.00. The van der Waals surface area contributed by atoms with E-state index in [4.69, 9.17) is 4.42 Å². The van der Waals surface area contributed by atoms with Crippen LogP contribution in [0.4, 0.5) is 10.1 Å². The number of anilines is 1. The van der Waals surface area contributed by atoms with Crippen LogP contribution in [0.3, 0.4) is 0 Å². The van der Waals surface area contributed by atoms with Gasteiger partial charge in [0.05, 0.1) is 11.4 Å². The first-order chi connectivity index (χ1) is 13.6. The van der Waals surface area contributed by atoms with Gasteiger partial charge in [-0.25, -0.2) is 9.37 Å². The van der Waals surface area contributed by atoms with Crippen LogP contribution < -0.4 is 4.90 Å². The molecule has 0 aliphatic carbocycles. The molecule has 1 aliphatic heterocycles. The molecule has 4 nitrogen and oxygen atoms in total. The van der Waals surface area contributed by atoms with Gasteiger partial charge in [-0.1, -0.05) is 18.2 Å². The normalized spacial score (nSPS) is 13.4. The van der Waals surface area contributed by atoms with Crippen LogP contribution in [0.15, 0.2) is 53.1 Å². The number of hydrogen-bond donors (Lipinski definition) is 0. The molecule has 0 radical (unpaired) electrons. The molecule has 0 unspecified atom stereocenters. The molecule has 4 rings (SSSR count). The molecule has 0 fully saturated rings. The Balaban J connectivity index is 1.38. The van der Waals surface area contributed by atoms with Gasteiger partial charge in [0, 0.05) is 23.5 Å². The number of carbonyl (C=O) groups excluding carboxylic acids is 1.